The highest BCUT2D eigenvalue weighted by atomic mass is 32.1. The fourth-order valence-electron chi connectivity index (χ4n) is 13.5. The molecule has 2 unspecified atom stereocenters. The summed E-state index contributed by atoms with van der Waals surface area (Å²) in [5.41, 5.74) is 9.44. The van der Waals surface area contributed by atoms with Crippen molar-refractivity contribution in [3.8, 4) is 70.9 Å². The van der Waals surface area contributed by atoms with Crippen LogP contribution in [0.3, 0.4) is 0 Å². The van der Waals surface area contributed by atoms with E-state index in [4.69, 9.17) is 6.42 Å². The Hall–Kier alpha value is -7.29. The van der Waals surface area contributed by atoms with E-state index in [0.717, 1.165) is 99.6 Å². The van der Waals surface area contributed by atoms with Crippen molar-refractivity contribution in [2.24, 2.45) is 11.8 Å². The van der Waals surface area contributed by atoms with E-state index in [1.165, 1.54) is 120 Å². The molecule has 6 aromatic heterocycles. The molecule has 11 rings (SSSR count). The zero-order valence-electron chi connectivity index (χ0n) is 53.9. The summed E-state index contributed by atoms with van der Waals surface area (Å²) in [5.74, 6) is 3.30. The molecule has 2 aliphatic rings. The highest BCUT2D eigenvalue weighted by Crippen LogP contribution is 2.57. The maximum atomic E-state index is 14.5. The first-order valence-electron chi connectivity index (χ1n) is 33.4. The van der Waals surface area contributed by atoms with Gasteiger partial charge in [-0.25, -0.2) is 0 Å². The van der Waals surface area contributed by atoms with Crippen LogP contribution in [0.15, 0.2) is 119 Å². The summed E-state index contributed by atoms with van der Waals surface area (Å²) in [7, 11) is 0. The maximum Gasteiger partial charge on any atom is 0.194 e. The van der Waals surface area contributed by atoms with Crippen molar-refractivity contribution in [1.29, 1.82) is 15.8 Å². The predicted octanol–water partition coefficient (Wildman–Crippen LogP) is 25.1. The van der Waals surface area contributed by atoms with Gasteiger partial charge in [-0.2, -0.15) is 15.8 Å². The molecule has 92 heavy (non-hydrogen) atoms. The highest BCUT2D eigenvalue weighted by molar-refractivity contribution is 7.29. The molecule has 0 saturated carbocycles. The summed E-state index contributed by atoms with van der Waals surface area (Å²) in [5, 5.41) is 33.5. The lowest BCUT2D eigenvalue weighted by Crippen LogP contribution is -2.03. The minimum Gasteiger partial charge on any atom is -0.289 e. The molecule has 466 valence electrons. The van der Waals surface area contributed by atoms with Crippen molar-refractivity contribution < 1.29 is 9.59 Å². The van der Waals surface area contributed by atoms with E-state index < -0.39 is 0 Å². The molecule has 0 aliphatic heterocycles. The Balaban J connectivity index is 1.16. The van der Waals surface area contributed by atoms with Crippen LogP contribution in [0.5, 0.6) is 0 Å². The van der Waals surface area contributed by atoms with E-state index in [-0.39, 0.29) is 22.7 Å². The number of terminal acetylenes is 1. The number of nitrogens with zero attached hydrogens (tertiary/aromatic N) is 3. The summed E-state index contributed by atoms with van der Waals surface area (Å²) in [6.07, 6.45) is 32.5. The monoisotopic (exact) mass is 1320 g/mol. The van der Waals surface area contributed by atoms with Crippen LogP contribution in [0.4, 0.5) is 0 Å². The minimum atomic E-state index is -0.165. The van der Waals surface area contributed by atoms with Crippen molar-refractivity contribution in [3.05, 3.63) is 172 Å². The van der Waals surface area contributed by atoms with Crippen molar-refractivity contribution in [2.45, 2.75) is 170 Å². The second-order valence-electron chi connectivity index (χ2n) is 24.7. The number of benzene rings is 3. The van der Waals surface area contributed by atoms with Crippen LogP contribution in [0, 0.1) is 58.2 Å². The summed E-state index contributed by atoms with van der Waals surface area (Å²) in [6.45, 7) is 13.7. The average Bonchev–Trinajstić information content (AvgIpc) is 1.56. The largest absolute Gasteiger partial charge is 0.289 e. The lowest BCUT2D eigenvalue weighted by Gasteiger charge is -2.14. The predicted molar refractivity (Wildman–Crippen MR) is 397 cm³/mol. The Morgan fingerprint density at radius 1 is 0.467 bits per heavy atom. The van der Waals surface area contributed by atoms with Crippen molar-refractivity contribution >= 4 is 123 Å². The van der Waals surface area contributed by atoms with E-state index in [1.807, 2.05) is 100.0 Å². The lowest BCUT2D eigenvalue weighted by molar-refractivity contribution is 0.103. The van der Waals surface area contributed by atoms with Crippen LogP contribution in [0.25, 0.3) is 83.9 Å². The Morgan fingerprint density at radius 3 is 1.27 bits per heavy atom. The number of allylic oxidation sites excluding steroid dienone is 6. The third-order valence-electron chi connectivity index (χ3n) is 18.5. The smallest absolute Gasteiger partial charge is 0.194 e. The second-order valence-corrected chi connectivity index (χ2v) is 31.3. The Kier molecular flexibility index (Phi) is 22.0. The molecule has 0 fully saturated rings. The molecular weight excluding hydrogens is 1240 g/mol. The first-order valence-corrected chi connectivity index (χ1v) is 38.3. The Morgan fingerprint density at radius 2 is 0.880 bits per heavy atom. The van der Waals surface area contributed by atoms with E-state index in [1.54, 1.807) is 28.7 Å². The zero-order valence-corrected chi connectivity index (χ0v) is 58.8. The standard InChI is InChI=1S/C81H79N3O2S6/c1-8-15-19-21-29-56-35-37-68(87-56)74-66-45-70(78-53(39-50(12-5)27-17-10-3)41-58(89-78)43-64-72(52(14-7)47-82)60-31-23-25-33-62(60)76(64)85)91-80(66)75(69-38-36-57(88-69)30-22-20-16-9-2)67-46-71(92-81(67)74)79-54(40-51(13-6)28-18-11-4)42-59(90-79)44-65-73(55(48-83)49-84)61-32-24-26-34-63(61)77(65)86/h7,23-26,31-38,41-46,50-51H,8-13,15-22,27-30,39-40H2,1-6H3/b64-43-,65-44-,72-52-. The van der Waals surface area contributed by atoms with Gasteiger partial charge in [-0.3, -0.25) is 9.59 Å². The van der Waals surface area contributed by atoms with Gasteiger partial charge in [0, 0.05) is 113 Å². The van der Waals surface area contributed by atoms with Gasteiger partial charge >= 0.3 is 0 Å². The molecule has 0 bridgehead atoms. The van der Waals surface area contributed by atoms with Crippen LogP contribution in [-0.2, 0) is 25.7 Å². The molecular formula is C81H79N3O2S6. The van der Waals surface area contributed by atoms with E-state index in [0.29, 0.717) is 56.4 Å². The first kappa shape index (κ1) is 66.2. The van der Waals surface area contributed by atoms with Crippen molar-refractivity contribution in [1.82, 2.24) is 0 Å². The summed E-state index contributed by atoms with van der Waals surface area (Å²) in [6, 6.07) is 40.5. The number of fused-ring (bicyclic) bond motifs is 4. The number of aryl methyl sites for hydroxylation is 2. The van der Waals surface area contributed by atoms with Crippen LogP contribution in [0.2, 0.25) is 0 Å². The van der Waals surface area contributed by atoms with Crippen LogP contribution in [0.1, 0.15) is 207 Å². The molecule has 0 amide bonds. The van der Waals surface area contributed by atoms with Gasteiger partial charge in [0.2, 0.25) is 0 Å². The quantitative estimate of drug-likeness (QED) is 0.0210. The fourth-order valence-corrected chi connectivity index (χ4v) is 20.9. The molecule has 0 spiro atoms. The number of hydrogen-bond acceptors (Lipinski definition) is 11. The molecule has 0 radical (unpaired) electrons. The number of Topliss-reactive ketones (excluding diaryl/α,β-unsaturated/α-hetero) is 2. The molecule has 2 atom stereocenters. The molecule has 0 saturated heterocycles. The minimum absolute atomic E-state index is 0.0560. The van der Waals surface area contributed by atoms with Gasteiger partial charge in [0.1, 0.15) is 29.4 Å². The van der Waals surface area contributed by atoms with Gasteiger partial charge in [-0.05, 0) is 133 Å². The first-order chi connectivity index (χ1) is 45.0. The van der Waals surface area contributed by atoms with Gasteiger partial charge < -0.3 is 0 Å². The highest BCUT2D eigenvalue weighted by Gasteiger charge is 2.35. The molecule has 9 aromatic rings. The number of unbranched alkanes of at least 4 members (excludes halogenated alkanes) is 8. The molecule has 2 aliphatic carbocycles. The average molecular weight is 1320 g/mol. The number of thiophene rings is 6. The number of hydrogen-bond donors (Lipinski definition) is 0. The second kappa shape index (κ2) is 30.6. The lowest BCUT2D eigenvalue weighted by atomic mass is 9.91. The normalized spacial score (nSPS) is 14.9. The molecule has 3 aromatic carbocycles. The van der Waals surface area contributed by atoms with Crippen molar-refractivity contribution in [3.63, 3.8) is 0 Å². The van der Waals surface area contributed by atoms with E-state index >= 15 is 0 Å². The SMILES string of the molecule is C#C/C(C#N)=C1/C(=C/c2cc(CC(CC)CCCC)c(-c3cc4c(-c5ccc(CCCCCC)s5)c5sc(-c6sc(/C=C7\C(=O)c8ccccc8C7=C(C#N)C#N)cc6CC(CC)CCCC)cc5c(-c5ccc(CCCCCC)s5)c4s3)s2)C(=O)c2ccccc21. The Bertz CT molecular complexity index is 4180. The van der Waals surface area contributed by atoms with Gasteiger partial charge in [0.25, 0.3) is 0 Å². The Labute approximate surface area is 568 Å². The van der Waals surface area contributed by atoms with Gasteiger partial charge in [0.05, 0.1) is 0 Å². The third kappa shape index (κ3) is 13.7. The third-order valence-corrected chi connectivity index (χ3v) is 25.7. The number of ketones is 2. The zero-order chi connectivity index (χ0) is 64.4. The summed E-state index contributed by atoms with van der Waals surface area (Å²) < 4.78 is 2.54. The van der Waals surface area contributed by atoms with Crippen LogP contribution < -0.4 is 0 Å². The maximum absolute atomic E-state index is 14.5. The molecule has 6 heterocycles. The summed E-state index contributed by atoms with van der Waals surface area (Å²) in [4.78, 5) is 41.0. The number of rotatable bonds is 28. The van der Waals surface area contributed by atoms with E-state index in [9.17, 15) is 25.4 Å². The van der Waals surface area contributed by atoms with Gasteiger partial charge in [0.15, 0.2) is 11.6 Å². The number of nitriles is 3. The molecule has 0 N–H and O–H groups in total. The van der Waals surface area contributed by atoms with Crippen LogP contribution >= 0.6 is 68.0 Å². The summed E-state index contributed by atoms with van der Waals surface area (Å²) >= 11 is 11.1. The van der Waals surface area contributed by atoms with Crippen LogP contribution in [-0.4, -0.2) is 11.6 Å². The number of carbonyl (C=O) groups is 2. The molecule has 5 nitrogen and oxygen atoms in total. The molecule has 11 heteroatoms. The van der Waals surface area contributed by atoms with E-state index in [2.05, 4.69) is 114 Å². The number of carbonyl (C=O) groups excluding carboxylic acids is 2. The van der Waals surface area contributed by atoms with Crippen molar-refractivity contribution in [2.75, 3.05) is 0 Å². The fraction of sp³-hybridized carbons (Fsp3) is 0.346. The van der Waals surface area contributed by atoms with Gasteiger partial charge in [-0.15, -0.1) is 74.4 Å². The van der Waals surface area contributed by atoms with Gasteiger partial charge in [-0.1, -0.05) is 186 Å². The topological polar surface area (TPSA) is 106 Å².